The van der Waals surface area contributed by atoms with Crippen LogP contribution in [0.5, 0.6) is 0 Å². The minimum Gasteiger partial charge on any atom is -0.345 e. The zero-order chi connectivity index (χ0) is 12.6. The molecular formula is C14H19FN2. The number of fused-ring (bicyclic) bond motifs is 1. The van der Waals surface area contributed by atoms with E-state index in [1.54, 1.807) is 6.07 Å². The van der Waals surface area contributed by atoms with Gasteiger partial charge in [0, 0.05) is 23.7 Å². The van der Waals surface area contributed by atoms with Crippen molar-refractivity contribution in [2.24, 2.45) is 5.73 Å². The summed E-state index contributed by atoms with van der Waals surface area (Å²) < 4.78 is 15.4. The largest absolute Gasteiger partial charge is 0.345 e. The molecule has 1 atom stereocenters. The number of hydrogen-bond donors (Lipinski definition) is 1. The number of benzene rings is 1. The highest BCUT2D eigenvalue weighted by molar-refractivity contribution is 5.84. The zero-order valence-corrected chi connectivity index (χ0v) is 10.6. The summed E-state index contributed by atoms with van der Waals surface area (Å²) in [6.07, 6.45) is 2.92. The summed E-state index contributed by atoms with van der Waals surface area (Å²) in [5, 5.41) is 1.11. The van der Waals surface area contributed by atoms with E-state index in [4.69, 9.17) is 5.73 Å². The molecule has 1 aromatic carbocycles. The highest BCUT2D eigenvalue weighted by Crippen LogP contribution is 2.26. The van der Waals surface area contributed by atoms with Gasteiger partial charge in [-0.3, -0.25) is 0 Å². The first-order chi connectivity index (χ1) is 7.99. The van der Waals surface area contributed by atoms with Crippen LogP contribution in [0.2, 0.25) is 0 Å². The molecule has 0 bridgehead atoms. The van der Waals surface area contributed by atoms with Crippen molar-refractivity contribution in [1.82, 2.24) is 4.57 Å². The van der Waals surface area contributed by atoms with Gasteiger partial charge in [0.15, 0.2) is 0 Å². The number of hydrogen-bond acceptors (Lipinski definition) is 1. The zero-order valence-electron chi connectivity index (χ0n) is 10.6. The Kier molecular flexibility index (Phi) is 3.20. The maximum absolute atomic E-state index is 13.3. The molecule has 1 aromatic heterocycles. The van der Waals surface area contributed by atoms with Crippen molar-refractivity contribution in [3.8, 4) is 0 Å². The van der Waals surface area contributed by atoms with E-state index < -0.39 is 0 Å². The van der Waals surface area contributed by atoms with Gasteiger partial charge in [-0.15, -0.1) is 0 Å². The van der Waals surface area contributed by atoms with Crippen LogP contribution in [0.3, 0.4) is 0 Å². The van der Waals surface area contributed by atoms with Crippen LogP contribution in [0.1, 0.15) is 32.4 Å². The lowest BCUT2D eigenvalue weighted by Crippen LogP contribution is -2.17. The van der Waals surface area contributed by atoms with Crippen molar-refractivity contribution < 1.29 is 4.39 Å². The molecule has 0 aliphatic carbocycles. The number of aromatic nitrogens is 1. The second kappa shape index (κ2) is 4.49. The van der Waals surface area contributed by atoms with E-state index in [0.717, 1.165) is 17.3 Å². The molecule has 0 aliphatic heterocycles. The van der Waals surface area contributed by atoms with Crippen molar-refractivity contribution >= 4 is 10.9 Å². The van der Waals surface area contributed by atoms with Gasteiger partial charge in [0.05, 0.1) is 5.52 Å². The number of rotatable bonds is 3. The van der Waals surface area contributed by atoms with Gasteiger partial charge in [-0.2, -0.15) is 0 Å². The standard InChI is InChI=1S/C14H19FN2/c1-9(2)17-8-11(6-10(3)16)13-5-4-12(15)7-14(13)17/h4-5,7-10H,6,16H2,1-3H3. The predicted octanol–water partition coefficient (Wildman–Crippen LogP) is 3.25. The van der Waals surface area contributed by atoms with Gasteiger partial charge in [0.2, 0.25) is 0 Å². The number of nitrogens with two attached hydrogens (primary N) is 1. The van der Waals surface area contributed by atoms with Gasteiger partial charge in [0.1, 0.15) is 5.82 Å². The van der Waals surface area contributed by atoms with E-state index in [2.05, 4.69) is 24.6 Å². The van der Waals surface area contributed by atoms with E-state index in [9.17, 15) is 4.39 Å². The van der Waals surface area contributed by atoms with Crippen LogP contribution in [0, 0.1) is 5.82 Å². The van der Waals surface area contributed by atoms with Gasteiger partial charge in [-0.05, 0) is 51.0 Å². The van der Waals surface area contributed by atoms with E-state index in [1.807, 2.05) is 13.0 Å². The summed E-state index contributed by atoms with van der Waals surface area (Å²) in [5.74, 6) is -0.190. The van der Waals surface area contributed by atoms with E-state index in [1.165, 1.54) is 11.6 Å². The summed E-state index contributed by atoms with van der Waals surface area (Å²) in [6, 6.07) is 5.39. The minimum absolute atomic E-state index is 0.117. The van der Waals surface area contributed by atoms with Crippen molar-refractivity contribution in [1.29, 1.82) is 0 Å². The topological polar surface area (TPSA) is 30.9 Å². The van der Waals surface area contributed by atoms with Crippen LogP contribution in [-0.4, -0.2) is 10.6 Å². The first-order valence-corrected chi connectivity index (χ1v) is 6.03. The SMILES string of the molecule is CC(N)Cc1cn(C(C)C)c2cc(F)ccc12. The third-order valence-corrected chi connectivity index (χ3v) is 2.98. The molecule has 2 rings (SSSR count). The van der Waals surface area contributed by atoms with Crippen LogP contribution in [0.15, 0.2) is 24.4 Å². The molecule has 2 aromatic rings. The fraction of sp³-hybridized carbons (Fsp3) is 0.429. The molecule has 0 aliphatic rings. The minimum atomic E-state index is -0.190. The Morgan fingerprint density at radius 3 is 2.59 bits per heavy atom. The Morgan fingerprint density at radius 2 is 2.00 bits per heavy atom. The first kappa shape index (κ1) is 12.1. The maximum Gasteiger partial charge on any atom is 0.125 e. The van der Waals surface area contributed by atoms with Crippen LogP contribution in [-0.2, 0) is 6.42 Å². The van der Waals surface area contributed by atoms with Crippen LogP contribution >= 0.6 is 0 Å². The molecule has 17 heavy (non-hydrogen) atoms. The molecular weight excluding hydrogens is 215 g/mol. The van der Waals surface area contributed by atoms with Crippen LogP contribution in [0.4, 0.5) is 4.39 Å². The molecule has 1 unspecified atom stereocenters. The summed E-state index contributed by atoms with van der Waals surface area (Å²) in [7, 11) is 0. The van der Waals surface area contributed by atoms with Crippen molar-refractivity contribution in [3.05, 3.63) is 35.8 Å². The summed E-state index contributed by atoms with van der Waals surface area (Å²) in [6.45, 7) is 6.18. The molecule has 0 saturated carbocycles. The molecule has 92 valence electrons. The third kappa shape index (κ3) is 2.34. The number of nitrogens with zero attached hydrogens (tertiary/aromatic N) is 1. The maximum atomic E-state index is 13.3. The van der Waals surface area contributed by atoms with E-state index in [0.29, 0.717) is 6.04 Å². The van der Waals surface area contributed by atoms with Crippen molar-refractivity contribution in [2.75, 3.05) is 0 Å². The third-order valence-electron chi connectivity index (χ3n) is 2.98. The molecule has 0 amide bonds. The molecule has 0 saturated heterocycles. The Hall–Kier alpha value is -1.35. The highest BCUT2D eigenvalue weighted by Gasteiger charge is 2.12. The van der Waals surface area contributed by atoms with E-state index >= 15 is 0 Å². The molecule has 0 radical (unpaired) electrons. The molecule has 2 nitrogen and oxygen atoms in total. The fourth-order valence-electron chi connectivity index (χ4n) is 2.23. The first-order valence-electron chi connectivity index (χ1n) is 6.03. The Morgan fingerprint density at radius 1 is 1.29 bits per heavy atom. The van der Waals surface area contributed by atoms with Crippen molar-refractivity contribution in [3.63, 3.8) is 0 Å². The summed E-state index contributed by atoms with van der Waals surface area (Å²) in [5.41, 5.74) is 8.00. The van der Waals surface area contributed by atoms with E-state index in [-0.39, 0.29) is 11.9 Å². The summed E-state index contributed by atoms with van der Waals surface area (Å²) >= 11 is 0. The second-order valence-electron chi connectivity index (χ2n) is 5.00. The lowest BCUT2D eigenvalue weighted by molar-refractivity contribution is 0.609. The van der Waals surface area contributed by atoms with Crippen molar-refractivity contribution in [2.45, 2.75) is 39.3 Å². The highest BCUT2D eigenvalue weighted by atomic mass is 19.1. The normalized spacial score (nSPS) is 13.5. The molecule has 1 heterocycles. The van der Waals surface area contributed by atoms with Crippen LogP contribution < -0.4 is 5.73 Å². The Bertz CT molecular complexity index is 526. The van der Waals surface area contributed by atoms with Gasteiger partial charge >= 0.3 is 0 Å². The smallest absolute Gasteiger partial charge is 0.125 e. The quantitative estimate of drug-likeness (QED) is 0.868. The lowest BCUT2D eigenvalue weighted by atomic mass is 10.1. The van der Waals surface area contributed by atoms with Crippen LogP contribution in [0.25, 0.3) is 10.9 Å². The van der Waals surface area contributed by atoms with Gasteiger partial charge < -0.3 is 10.3 Å². The summed E-state index contributed by atoms with van der Waals surface area (Å²) in [4.78, 5) is 0. The second-order valence-corrected chi connectivity index (χ2v) is 5.00. The molecule has 0 spiro atoms. The average Bonchev–Trinajstić information content (AvgIpc) is 2.55. The Labute approximate surface area is 101 Å². The number of halogens is 1. The lowest BCUT2D eigenvalue weighted by Gasteiger charge is -2.08. The Balaban J connectivity index is 2.62. The van der Waals surface area contributed by atoms with Gasteiger partial charge in [0.25, 0.3) is 0 Å². The average molecular weight is 234 g/mol. The fourth-order valence-corrected chi connectivity index (χ4v) is 2.23. The van der Waals surface area contributed by atoms with Gasteiger partial charge in [-0.1, -0.05) is 0 Å². The molecule has 0 fully saturated rings. The molecule has 2 N–H and O–H groups in total. The predicted molar refractivity (Wildman–Crippen MR) is 69.6 cm³/mol. The monoisotopic (exact) mass is 234 g/mol. The molecule has 3 heteroatoms. The van der Waals surface area contributed by atoms with Gasteiger partial charge in [-0.25, -0.2) is 4.39 Å².